The molecule has 0 spiro atoms. The molecule has 94 valence electrons. The number of benzene rings is 1. The molecule has 0 unspecified atom stereocenters. The highest BCUT2D eigenvalue weighted by Crippen LogP contribution is 2.12. The van der Waals surface area contributed by atoms with Gasteiger partial charge < -0.3 is 0 Å². The molecule has 2 aromatic heterocycles. The van der Waals surface area contributed by atoms with Crippen LogP contribution in [0.25, 0.3) is 16.6 Å². The summed E-state index contributed by atoms with van der Waals surface area (Å²) in [5.41, 5.74) is 2.52. The van der Waals surface area contributed by atoms with Crippen molar-refractivity contribution in [2.75, 3.05) is 0 Å². The smallest absolute Gasteiger partial charge is 0.274 e. The molecule has 0 aliphatic carbocycles. The van der Waals surface area contributed by atoms with E-state index in [9.17, 15) is 9.59 Å². The summed E-state index contributed by atoms with van der Waals surface area (Å²) in [6, 6.07) is 9.74. The van der Waals surface area contributed by atoms with Crippen LogP contribution in [0.3, 0.4) is 0 Å². The van der Waals surface area contributed by atoms with Gasteiger partial charge in [0.15, 0.2) is 0 Å². The molecular formula is C13H9N3O3. The molecule has 19 heavy (non-hydrogen) atoms. The molecule has 0 saturated carbocycles. The van der Waals surface area contributed by atoms with Gasteiger partial charge in [-0.15, -0.1) is 0 Å². The molecule has 2 N–H and O–H groups in total. The van der Waals surface area contributed by atoms with E-state index < -0.39 is 5.91 Å². The van der Waals surface area contributed by atoms with Crippen LogP contribution in [0, 0.1) is 0 Å². The number of hydrogen-bond acceptors (Lipinski definition) is 4. The average Bonchev–Trinajstić information content (AvgIpc) is 2.46. The lowest BCUT2D eigenvalue weighted by molar-refractivity contribution is 0.0706. The van der Waals surface area contributed by atoms with Crippen LogP contribution in [0.15, 0.2) is 47.4 Å². The zero-order valence-electron chi connectivity index (χ0n) is 9.70. The van der Waals surface area contributed by atoms with E-state index in [1.165, 1.54) is 22.0 Å². The minimum absolute atomic E-state index is 0.199. The zero-order chi connectivity index (χ0) is 13.4. The van der Waals surface area contributed by atoms with Crippen molar-refractivity contribution in [2.24, 2.45) is 0 Å². The van der Waals surface area contributed by atoms with E-state index in [0.717, 1.165) is 0 Å². The van der Waals surface area contributed by atoms with Crippen LogP contribution in [0.4, 0.5) is 0 Å². The van der Waals surface area contributed by atoms with Crippen LogP contribution >= 0.6 is 0 Å². The first kappa shape index (κ1) is 11.4. The molecule has 1 aromatic carbocycles. The van der Waals surface area contributed by atoms with Gasteiger partial charge in [-0.1, -0.05) is 6.07 Å². The summed E-state index contributed by atoms with van der Waals surface area (Å²) in [7, 11) is 0. The second-order valence-corrected chi connectivity index (χ2v) is 4.02. The van der Waals surface area contributed by atoms with Gasteiger partial charge in [-0.2, -0.15) is 0 Å². The number of aromatic nitrogens is 2. The Bertz CT molecular complexity index is 854. The van der Waals surface area contributed by atoms with Crippen LogP contribution in [0.2, 0.25) is 0 Å². The first-order valence-corrected chi connectivity index (χ1v) is 5.56. The number of nitrogens with one attached hydrogen (secondary N) is 1. The van der Waals surface area contributed by atoms with Crippen molar-refractivity contribution in [1.82, 2.24) is 14.9 Å². The number of pyridine rings is 1. The normalized spacial score (nSPS) is 10.8. The summed E-state index contributed by atoms with van der Waals surface area (Å²) in [4.78, 5) is 28.0. The van der Waals surface area contributed by atoms with Gasteiger partial charge >= 0.3 is 0 Å². The van der Waals surface area contributed by atoms with Crippen LogP contribution in [-0.2, 0) is 0 Å². The summed E-state index contributed by atoms with van der Waals surface area (Å²) < 4.78 is 1.41. The van der Waals surface area contributed by atoms with Crippen LogP contribution < -0.4 is 11.0 Å². The van der Waals surface area contributed by atoms with Crippen molar-refractivity contribution in [3.8, 4) is 0 Å². The standard InChI is InChI=1S/C13H9N3O3/c17-12(15-19)8-4-5-10-9(7-8)13(18)16-6-2-1-3-11(16)14-10/h1-7,19H,(H,15,17). The SMILES string of the molecule is O=C(NO)c1ccc2nc3ccccn3c(=O)c2c1. The summed E-state index contributed by atoms with van der Waals surface area (Å²) >= 11 is 0. The summed E-state index contributed by atoms with van der Waals surface area (Å²) in [6.07, 6.45) is 1.61. The fraction of sp³-hybridized carbons (Fsp3) is 0. The van der Waals surface area contributed by atoms with Crippen LogP contribution in [-0.4, -0.2) is 20.5 Å². The maximum Gasteiger partial charge on any atom is 0.274 e. The third-order valence-electron chi connectivity index (χ3n) is 2.88. The molecule has 2 heterocycles. The van der Waals surface area contributed by atoms with E-state index in [4.69, 9.17) is 5.21 Å². The Balaban J connectivity index is 2.40. The summed E-state index contributed by atoms with van der Waals surface area (Å²) in [5.74, 6) is -0.667. The Morgan fingerprint density at radius 1 is 1.26 bits per heavy atom. The number of carbonyl (C=O) groups is 1. The first-order valence-electron chi connectivity index (χ1n) is 5.56. The second-order valence-electron chi connectivity index (χ2n) is 4.02. The van der Waals surface area contributed by atoms with Crippen molar-refractivity contribution in [1.29, 1.82) is 0 Å². The highest BCUT2D eigenvalue weighted by molar-refractivity contribution is 5.97. The molecule has 3 rings (SSSR count). The van der Waals surface area contributed by atoms with Crippen LogP contribution in [0.5, 0.6) is 0 Å². The molecular weight excluding hydrogens is 246 g/mol. The largest absolute Gasteiger partial charge is 0.288 e. The van der Waals surface area contributed by atoms with E-state index in [2.05, 4.69) is 4.98 Å². The van der Waals surface area contributed by atoms with Gasteiger partial charge in [-0.05, 0) is 30.3 Å². The Kier molecular flexibility index (Phi) is 2.50. The van der Waals surface area contributed by atoms with Gasteiger partial charge in [-0.3, -0.25) is 19.2 Å². The van der Waals surface area contributed by atoms with E-state index in [0.29, 0.717) is 16.6 Å². The highest BCUT2D eigenvalue weighted by atomic mass is 16.5. The molecule has 6 heteroatoms. The van der Waals surface area contributed by atoms with Gasteiger partial charge in [0, 0.05) is 11.8 Å². The van der Waals surface area contributed by atoms with Crippen molar-refractivity contribution >= 4 is 22.5 Å². The van der Waals surface area contributed by atoms with Gasteiger partial charge in [0.25, 0.3) is 11.5 Å². The van der Waals surface area contributed by atoms with Crippen molar-refractivity contribution in [3.63, 3.8) is 0 Å². The maximum absolute atomic E-state index is 12.3. The number of nitrogens with zero attached hydrogens (tertiary/aromatic N) is 2. The fourth-order valence-electron chi connectivity index (χ4n) is 1.96. The molecule has 0 aliphatic rings. The number of hydroxylamine groups is 1. The van der Waals surface area contributed by atoms with Gasteiger partial charge in [0.2, 0.25) is 0 Å². The van der Waals surface area contributed by atoms with E-state index in [-0.39, 0.29) is 11.1 Å². The second kappa shape index (κ2) is 4.18. The van der Waals surface area contributed by atoms with Crippen molar-refractivity contribution in [3.05, 3.63) is 58.5 Å². The monoisotopic (exact) mass is 255 g/mol. The fourth-order valence-corrected chi connectivity index (χ4v) is 1.96. The lowest BCUT2D eigenvalue weighted by Crippen LogP contribution is -2.20. The summed E-state index contributed by atoms with van der Waals surface area (Å²) in [6.45, 7) is 0. The number of fused-ring (bicyclic) bond motifs is 2. The Hall–Kier alpha value is -2.73. The Labute approximate surface area is 106 Å². The number of rotatable bonds is 1. The minimum atomic E-state index is -0.667. The maximum atomic E-state index is 12.3. The number of amides is 1. The van der Waals surface area contributed by atoms with E-state index in [1.807, 2.05) is 0 Å². The lowest BCUT2D eigenvalue weighted by atomic mass is 10.1. The van der Waals surface area contributed by atoms with Crippen molar-refractivity contribution < 1.29 is 10.0 Å². The average molecular weight is 255 g/mol. The number of hydrogen-bond donors (Lipinski definition) is 2. The molecule has 0 atom stereocenters. The molecule has 0 aliphatic heterocycles. The zero-order valence-corrected chi connectivity index (χ0v) is 9.70. The van der Waals surface area contributed by atoms with Crippen molar-refractivity contribution in [2.45, 2.75) is 0 Å². The number of carbonyl (C=O) groups excluding carboxylic acids is 1. The van der Waals surface area contributed by atoms with Gasteiger partial charge in [0.05, 0.1) is 10.9 Å². The van der Waals surface area contributed by atoms with E-state index >= 15 is 0 Å². The molecule has 6 nitrogen and oxygen atoms in total. The molecule has 0 saturated heterocycles. The summed E-state index contributed by atoms with van der Waals surface area (Å²) in [5, 5.41) is 8.93. The first-order chi connectivity index (χ1) is 9.20. The third kappa shape index (κ3) is 1.74. The molecule has 0 fully saturated rings. The van der Waals surface area contributed by atoms with Gasteiger partial charge in [0.1, 0.15) is 5.65 Å². The molecule has 3 aromatic rings. The Morgan fingerprint density at radius 2 is 2.11 bits per heavy atom. The van der Waals surface area contributed by atoms with Crippen LogP contribution in [0.1, 0.15) is 10.4 Å². The predicted molar refractivity (Wildman–Crippen MR) is 68.2 cm³/mol. The van der Waals surface area contributed by atoms with Gasteiger partial charge in [-0.25, -0.2) is 10.5 Å². The molecule has 1 amide bonds. The Morgan fingerprint density at radius 3 is 2.89 bits per heavy atom. The highest BCUT2D eigenvalue weighted by Gasteiger charge is 2.09. The third-order valence-corrected chi connectivity index (χ3v) is 2.88. The molecule has 0 radical (unpaired) electrons. The lowest BCUT2D eigenvalue weighted by Gasteiger charge is -2.04. The quantitative estimate of drug-likeness (QED) is 0.385. The molecule has 0 bridgehead atoms. The predicted octanol–water partition coefficient (Wildman–Crippen LogP) is 0.967. The van der Waals surface area contributed by atoms with E-state index in [1.54, 1.807) is 30.5 Å². The topological polar surface area (TPSA) is 83.7 Å². The minimum Gasteiger partial charge on any atom is -0.288 e.